The first-order chi connectivity index (χ1) is 12.6. The van der Waals surface area contributed by atoms with Gasteiger partial charge in [0.1, 0.15) is 18.0 Å². The van der Waals surface area contributed by atoms with Crippen LogP contribution in [0.25, 0.3) is 0 Å². The molecule has 9 nitrogen and oxygen atoms in total. The van der Waals surface area contributed by atoms with Crippen molar-refractivity contribution in [1.82, 2.24) is 14.9 Å². The molecule has 0 aliphatic carbocycles. The number of amides is 1. The number of hydrogen-bond donors (Lipinski definition) is 4. The first-order valence-electron chi connectivity index (χ1n) is 8.54. The van der Waals surface area contributed by atoms with Crippen molar-refractivity contribution in [3.8, 4) is 5.75 Å². The number of carbonyl (C=O) groups is 1. The van der Waals surface area contributed by atoms with Crippen molar-refractivity contribution in [3.63, 3.8) is 0 Å². The lowest BCUT2D eigenvalue weighted by Crippen LogP contribution is -2.44. The maximum absolute atomic E-state index is 15.2. The molecule has 0 spiro atoms. The maximum Gasteiger partial charge on any atom is 0.326 e. The fourth-order valence-electron chi connectivity index (χ4n) is 3.12. The zero-order valence-electron chi connectivity index (χ0n) is 15.0. The molecule has 2 aliphatic rings. The molecular weight excluding hydrogens is 377 g/mol. The van der Waals surface area contributed by atoms with Gasteiger partial charge in [-0.05, 0) is 24.0 Å². The van der Waals surface area contributed by atoms with Crippen LogP contribution < -0.4 is 14.3 Å². The van der Waals surface area contributed by atoms with Crippen LogP contribution >= 0.6 is 0 Å². The topological polar surface area (TPSA) is 126 Å². The van der Waals surface area contributed by atoms with Gasteiger partial charge in [0.15, 0.2) is 11.8 Å². The summed E-state index contributed by atoms with van der Waals surface area (Å²) in [6.07, 6.45) is 0.399. The van der Waals surface area contributed by atoms with Crippen molar-refractivity contribution in [2.45, 2.75) is 26.8 Å². The number of phenolic OH excluding ortho intramolecular Hbond substituents is 1. The second kappa shape index (κ2) is 6.87. The Labute approximate surface area is 156 Å². The average molecular weight is 399 g/mol. The Kier molecular flexibility index (Phi) is 4.89. The molecule has 0 radical (unpaired) electrons. The SMILES string of the molecule is CC(C)CNC(=N)N1CCc2cc(O)c(N3CC(=O)NS3(=O)=O)c(F)c2C1. The minimum atomic E-state index is -4.24. The molecule has 11 heteroatoms. The Morgan fingerprint density at radius 1 is 1.44 bits per heavy atom. The average Bonchev–Trinajstić information content (AvgIpc) is 2.84. The van der Waals surface area contributed by atoms with Crippen LogP contribution in [-0.4, -0.2) is 49.9 Å². The molecule has 1 aromatic rings. The molecular formula is C16H22FN5O4S. The number of rotatable bonds is 3. The van der Waals surface area contributed by atoms with Gasteiger partial charge in [-0.15, -0.1) is 0 Å². The highest BCUT2D eigenvalue weighted by Gasteiger charge is 2.39. The van der Waals surface area contributed by atoms with Gasteiger partial charge in [0, 0.05) is 25.2 Å². The van der Waals surface area contributed by atoms with Crippen molar-refractivity contribution in [2.75, 3.05) is 23.9 Å². The molecule has 4 N–H and O–H groups in total. The third-order valence-corrected chi connectivity index (χ3v) is 5.86. The van der Waals surface area contributed by atoms with Crippen molar-refractivity contribution in [2.24, 2.45) is 5.92 Å². The number of anilines is 1. The maximum atomic E-state index is 15.2. The lowest BCUT2D eigenvalue weighted by atomic mass is 9.97. The third-order valence-electron chi connectivity index (χ3n) is 4.48. The Balaban J connectivity index is 1.93. The normalized spacial score (nSPS) is 18.4. The number of phenols is 1. The molecule has 1 amide bonds. The molecule has 3 rings (SSSR count). The van der Waals surface area contributed by atoms with Gasteiger partial charge < -0.3 is 15.3 Å². The van der Waals surface area contributed by atoms with E-state index in [1.165, 1.54) is 6.07 Å². The zero-order valence-corrected chi connectivity index (χ0v) is 15.9. The molecule has 0 saturated carbocycles. The largest absolute Gasteiger partial charge is 0.506 e. The number of fused-ring (bicyclic) bond motifs is 1. The summed E-state index contributed by atoms with van der Waals surface area (Å²) in [6, 6.07) is 1.33. The third kappa shape index (κ3) is 3.64. The number of benzene rings is 1. The number of carbonyl (C=O) groups excluding carboxylic acids is 1. The van der Waals surface area contributed by atoms with E-state index < -0.39 is 39.9 Å². The molecule has 27 heavy (non-hydrogen) atoms. The van der Waals surface area contributed by atoms with E-state index in [1.807, 2.05) is 13.8 Å². The van der Waals surface area contributed by atoms with E-state index in [-0.39, 0.29) is 18.1 Å². The second-order valence-electron chi connectivity index (χ2n) is 7.03. The predicted octanol–water partition coefficient (Wildman–Crippen LogP) is 0.251. The second-order valence-corrected chi connectivity index (χ2v) is 8.62. The van der Waals surface area contributed by atoms with E-state index in [1.54, 1.807) is 9.62 Å². The Morgan fingerprint density at radius 3 is 2.74 bits per heavy atom. The summed E-state index contributed by atoms with van der Waals surface area (Å²) in [4.78, 5) is 13.1. The number of guanidine groups is 1. The summed E-state index contributed by atoms with van der Waals surface area (Å²) in [6.45, 7) is 4.55. The van der Waals surface area contributed by atoms with Crippen LogP contribution in [0.4, 0.5) is 10.1 Å². The number of nitrogens with one attached hydrogen (secondary N) is 3. The van der Waals surface area contributed by atoms with Crippen LogP contribution in [-0.2, 0) is 28.0 Å². The van der Waals surface area contributed by atoms with E-state index in [2.05, 4.69) is 5.32 Å². The van der Waals surface area contributed by atoms with Crippen LogP contribution in [0.3, 0.4) is 0 Å². The van der Waals surface area contributed by atoms with E-state index in [4.69, 9.17) is 5.41 Å². The van der Waals surface area contributed by atoms with Crippen molar-refractivity contribution in [1.29, 1.82) is 5.41 Å². The minimum Gasteiger partial charge on any atom is -0.506 e. The highest BCUT2D eigenvalue weighted by Crippen LogP contribution is 2.38. The molecule has 1 fully saturated rings. The molecule has 2 heterocycles. The summed E-state index contributed by atoms with van der Waals surface area (Å²) in [7, 11) is -4.24. The van der Waals surface area contributed by atoms with Crippen LogP contribution in [0.5, 0.6) is 5.75 Å². The number of aromatic hydroxyl groups is 1. The summed E-state index contributed by atoms with van der Waals surface area (Å²) in [5, 5.41) is 21.3. The molecule has 0 atom stereocenters. The van der Waals surface area contributed by atoms with Gasteiger partial charge >= 0.3 is 10.2 Å². The van der Waals surface area contributed by atoms with Gasteiger partial charge in [-0.25, -0.2) is 13.4 Å². The summed E-state index contributed by atoms with van der Waals surface area (Å²) < 4.78 is 41.5. The monoisotopic (exact) mass is 399 g/mol. The fraction of sp³-hybridized carbons (Fsp3) is 0.500. The molecule has 148 valence electrons. The quantitative estimate of drug-likeness (QED) is 0.426. The van der Waals surface area contributed by atoms with E-state index in [0.29, 0.717) is 35.3 Å². The van der Waals surface area contributed by atoms with Crippen LogP contribution in [0, 0.1) is 17.1 Å². The van der Waals surface area contributed by atoms with E-state index in [9.17, 15) is 18.3 Å². The number of halogens is 1. The summed E-state index contributed by atoms with van der Waals surface area (Å²) in [5.41, 5.74) is 0.216. The number of hydrogen-bond acceptors (Lipinski definition) is 5. The van der Waals surface area contributed by atoms with E-state index >= 15 is 4.39 Å². The standard InChI is InChI=1S/C16H22FN5O4S/c1-9(2)6-19-16(18)21-4-3-10-5-12(23)15(14(17)11(10)7-21)22-8-13(24)20-27(22,25)26/h5,9,23H,3-4,6-8H2,1-2H3,(H2,18,19)(H,20,24). The lowest BCUT2D eigenvalue weighted by Gasteiger charge is -2.32. The van der Waals surface area contributed by atoms with Crippen molar-refractivity contribution in [3.05, 3.63) is 23.0 Å². The fourth-order valence-corrected chi connectivity index (χ4v) is 4.29. The first-order valence-corrected chi connectivity index (χ1v) is 9.98. The molecule has 2 aliphatic heterocycles. The van der Waals surface area contributed by atoms with E-state index in [0.717, 1.165) is 0 Å². The summed E-state index contributed by atoms with van der Waals surface area (Å²) >= 11 is 0. The number of nitrogens with zero attached hydrogens (tertiary/aromatic N) is 2. The Morgan fingerprint density at radius 2 is 2.15 bits per heavy atom. The zero-order chi connectivity index (χ0) is 19.9. The van der Waals surface area contributed by atoms with Crippen molar-refractivity contribution >= 4 is 27.8 Å². The minimum absolute atomic E-state index is 0.0631. The van der Waals surface area contributed by atoms with Gasteiger partial charge in [0.05, 0.1) is 0 Å². The smallest absolute Gasteiger partial charge is 0.326 e. The van der Waals surface area contributed by atoms with Gasteiger partial charge in [-0.1, -0.05) is 13.8 Å². The first kappa shape index (κ1) is 19.2. The summed E-state index contributed by atoms with van der Waals surface area (Å²) in [5.74, 6) is -1.73. The molecule has 1 saturated heterocycles. The highest BCUT2D eigenvalue weighted by atomic mass is 32.2. The Bertz CT molecular complexity index is 903. The van der Waals surface area contributed by atoms with Gasteiger partial charge in [-0.3, -0.25) is 10.2 Å². The molecule has 0 unspecified atom stereocenters. The van der Waals surface area contributed by atoms with Crippen molar-refractivity contribution < 1.29 is 22.7 Å². The highest BCUT2D eigenvalue weighted by molar-refractivity contribution is 7.92. The Hall–Kier alpha value is -2.56. The molecule has 0 bridgehead atoms. The van der Waals surface area contributed by atoms with Gasteiger partial charge in [-0.2, -0.15) is 8.42 Å². The van der Waals surface area contributed by atoms with Crippen LogP contribution in [0.15, 0.2) is 6.07 Å². The van der Waals surface area contributed by atoms with Crippen LogP contribution in [0.2, 0.25) is 0 Å². The molecule has 1 aromatic carbocycles. The van der Waals surface area contributed by atoms with Gasteiger partial charge in [0.25, 0.3) is 5.91 Å². The van der Waals surface area contributed by atoms with Gasteiger partial charge in [0.2, 0.25) is 0 Å². The van der Waals surface area contributed by atoms with Crippen LogP contribution in [0.1, 0.15) is 25.0 Å². The lowest BCUT2D eigenvalue weighted by molar-refractivity contribution is -0.117. The molecule has 0 aromatic heterocycles. The predicted molar refractivity (Wildman–Crippen MR) is 97.2 cm³/mol.